The number of halogens is 1. The number of hydrogen-bond acceptors (Lipinski definition) is 3. The SMILES string of the molecule is Cc1ccc(C)n1NC(=O)c1ccc(OC(C)C(=O)Nc2cccc(F)c2)cc1. The summed E-state index contributed by atoms with van der Waals surface area (Å²) in [4.78, 5) is 24.6. The highest BCUT2D eigenvalue weighted by Crippen LogP contribution is 2.16. The number of hydrogen-bond donors (Lipinski definition) is 2. The molecule has 0 radical (unpaired) electrons. The van der Waals surface area contributed by atoms with Gasteiger partial charge in [0.05, 0.1) is 0 Å². The minimum atomic E-state index is -0.803. The van der Waals surface area contributed by atoms with Crippen molar-refractivity contribution in [2.45, 2.75) is 26.9 Å². The number of carbonyl (C=O) groups excluding carboxylic acids is 2. The molecular weight excluding hydrogens is 373 g/mol. The Kier molecular flexibility index (Phi) is 5.97. The molecule has 1 atom stereocenters. The van der Waals surface area contributed by atoms with Gasteiger partial charge in [0.1, 0.15) is 11.6 Å². The predicted octanol–water partition coefficient (Wildman–Crippen LogP) is 4.03. The van der Waals surface area contributed by atoms with Gasteiger partial charge in [-0.25, -0.2) is 4.39 Å². The maximum Gasteiger partial charge on any atom is 0.270 e. The second-order valence-electron chi connectivity index (χ2n) is 6.68. The highest BCUT2D eigenvalue weighted by Gasteiger charge is 2.16. The summed E-state index contributed by atoms with van der Waals surface area (Å²) in [7, 11) is 0. The van der Waals surface area contributed by atoms with Gasteiger partial charge in [-0.05, 0) is 75.4 Å². The van der Waals surface area contributed by atoms with E-state index in [0.29, 0.717) is 17.0 Å². The fourth-order valence-electron chi connectivity index (χ4n) is 2.76. The van der Waals surface area contributed by atoms with E-state index in [9.17, 15) is 14.0 Å². The fourth-order valence-corrected chi connectivity index (χ4v) is 2.76. The summed E-state index contributed by atoms with van der Waals surface area (Å²) in [5.41, 5.74) is 5.49. The highest BCUT2D eigenvalue weighted by atomic mass is 19.1. The first kappa shape index (κ1) is 20.1. The van der Waals surface area contributed by atoms with Crippen molar-refractivity contribution in [1.29, 1.82) is 0 Å². The molecule has 7 heteroatoms. The summed E-state index contributed by atoms with van der Waals surface area (Å²) in [5.74, 6) is -0.654. The lowest BCUT2D eigenvalue weighted by molar-refractivity contribution is -0.122. The van der Waals surface area contributed by atoms with Crippen LogP contribution in [0.3, 0.4) is 0 Å². The van der Waals surface area contributed by atoms with Gasteiger partial charge in [0.2, 0.25) is 0 Å². The molecule has 1 unspecified atom stereocenters. The van der Waals surface area contributed by atoms with E-state index >= 15 is 0 Å². The normalized spacial score (nSPS) is 11.6. The van der Waals surface area contributed by atoms with Gasteiger partial charge in [0.15, 0.2) is 6.10 Å². The Labute approximate surface area is 168 Å². The molecule has 2 aromatic carbocycles. The molecule has 2 N–H and O–H groups in total. The van der Waals surface area contributed by atoms with E-state index in [0.717, 1.165) is 11.4 Å². The van der Waals surface area contributed by atoms with Crippen LogP contribution < -0.4 is 15.5 Å². The second kappa shape index (κ2) is 8.60. The third kappa shape index (κ3) is 5.01. The zero-order valence-electron chi connectivity index (χ0n) is 16.4. The molecule has 0 aliphatic heterocycles. The van der Waals surface area contributed by atoms with Crippen molar-refractivity contribution >= 4 is 17.5 Å². The van der Waals surface area contributed by atoms with E-state index in [1.807, 2.05) is 26.0 Å². The van der Waals surface area contributed by atoms with Crippen LogP contribution in [0.2, 0.25) is 0 Å². The smallest absolute Gasteiger partial charge is 0.270 e. The first-order chi connectivity index (χ1) is 13.8. The Hall–Kier alpha value is -3.61. The summed E-state index contributed by atoms with van der Waals surface area (Å²) >= 11 is 0. The van der Waals surface area contributed by atoms with Crippen LogP contribution in [0.25, 0.3) is 0 Å². The number of aromatic nitrogens is 1. The van der Waals surface area contributed by atoms with E-state index in [-0.39, 0.29) is 5.91 Å². The minimum absolute atomic E-state index is 0.254. The Morgan fingerprint density at radius 1 is 1.00 bits per heavy atom. The van der Waals surface area contributed by atoms with Gasteiger partial charge < -0.3 is 10.1 Å². The van der Waals surface area contributed by atoms with Crippen molar-refractivity contribution in [1.82, 2.24) is 4.68 Å². The largest absolute Gasteiger partial charge is 0.481 e. The second-order valence-corrected chi connectivity index (χ2v) is 6.68. The summed E-state index contributed by atoms with van der Waals surface area (Å²) in [5, 5.41) is 2.60. The summed E-state index contributed by atoms with van der Waals surface area (Å²) in [6.45, 7) is 5.40. The zero-order chi connectivity index (χ0) is 21.0. The van der Waals surface area contributed by atoms with Crippen molar-refractivity contribution in [2.24, 2.45) is 0 Å². The van der Waals surface area contributed by atoms with Crippen LogP contribution in [0.5, 0.6) is 5.75 Å². The molecule has 1 heterocycles. The van der Waals surface area contributed by atoms with Gasteiger partial charge in [0, 0.05) is 22.6 Å². The molecule has 2 amide bonds. The molecule has 150 valence electrons. The number of nitrogens with one attached hydrogen (secondary N) is 2. The molecule has 0 saturated carbocycles. The number of aryl methyl sites for hydroxylation is 2. The third-order valence-corrected chi connectivity index (χ3v) is 4.38. The van der Waals surface area contributed by atoms with Crippen molar-refractivity contribution in [3.63, 3.8) is 0 Å². The number of anilines is 1. The molecule has 0 saturated heterocycles. The van der Waals surface area contributed by atoms with Gasteiger partial charge in [0.25, 0.3) is 11.8 Å². The van der Waals surface area contributed by atoms with Crippen LogP contribution in [0.4, 0.5) is 10.1 Å². The number of nitrogens with zero attached hydrogens (tertiary/aromatic N) is 1. The minimum Gasteiger partial charge on any atom is -0.481 e. The molecule has 1 aromatic heterocycles. The lowest BCUT2D eigenvalue weighted by Crippen LogP contribution is -2.30. The molecule has 0 aliphatic carbocycles. The molecule has 0 aliphatic rings. The van der Waals surface area contributed by atoms with E-state index in [2.05, 4.69) is 10.7 Å². The third-order valence-electron chi connectivity index (χ3n) is 4.38. The van der Waals surface area contributed by atoms with Crippen LogP contribution in [-0.4, -0.2) is 22.6 Å². The quantitative estimate of drug-likeness (QED) is 0.662. The molecule has 0 bridgehead atoms. The van der Waals surface area contributed by atoms with Crippen molar-refractivity contribution in [3.05, 3.63) is 83.4 Å². The molecule has 0 fully saturated rings. The maximum absolute atomic E-state index is 13.2. The number of benzene rings is 2. The molecule has 0 spiro atoms. The molecule has 3 rings (SSSR count). The Morgan fingerprint density at radius 3 is 2.28 bits per heavy atom. The van der Waals surface area contributed by atoms with Gasteiger partial charge in [-0.2, -0.15) is 0 Å². The van der Waals surface area contributed by atoms with Crippen LogP contribution in [0.1, 0.15) is 28.7 Å². The number of amides is 2. The van der Waals surface area contributed by atoms with E-state index in [1.165, 1.54) is 18.2 Å². The first-order valence-corrected chi connectivity index (χ1v) is 9.13. The fraction of sp³-hybridized carbons (Fsp3) is 0.182. The number of rotatable bonds is 6. The Balaban J connectivity index is 1.59. The molecule has 6 nitrogen and oxygen atoms in total. The summed E-state index contributed by atoms with van der Waals surface area (Å²) < 4.78 is 20.5. The molecule has 3 aromatic rings. The van der Waals surface area contributed by atoms with Crippen LogP contribution in [0.15, 0.2) is 60.7 Å². The van der Waals surface area contributed by atoms with Crippen molar-refractivity contribution in [3.8, 4) is 5.75 Å². The number of ether oxygens (including phenoxy) is 1. The summed E-state index contributed by atoms with van der Waals surface area (Å²) in [6.07, 6.45) is -0.803. The Morgan fingerprint density at radius 2 is 1.66 bits per heavy atom. The maximum atomic E-state index is 13.2. The predicted molar refractivity (Wildman–Crippen MR) is 109 cm³/mol. The Bertz CT molecular complexity index is 1010. The number of carbonyl (C=O) groups is 2. The lowest BCUT2D eigenvalue weighted by atomic mass is 10.2. The lowest BCUT2D eigenvalue weighted by Gasteiger charge is -2.15. The van der Waals surface area contributed by atoms with Crippen LogP contribution in [0, 0.1) is 19.7 Å². The van der Waals surface area contributed by atoms with Crippen LogP contribution >= 0.6 is 0 Å². The topological polar surface area (TPSA) is 72.4 Å². The molecule has 29 heavy (non-hydrogen) atoms. The van der Waals surface area contributed by atoms with Crippen molar-refractivity contribution < 1.29 is 18.7 Å². The van der Waals surface area contributed by atoms with E-state index < -0.39 is 17.8 Å². The van der Waals surface area contributed by atoms with Gasteiger partial charge in [-0.3, -0.25) is 19.7 Å². The van der Waals surface area contributed by atoms with Gasteiger partial charge >= 0.3 is 0 Å². The van der Waals surface area contributed by atoms with Crippen LogP contribution in [-0.2, 0) is 4.79 Å². The van der Waals surface area contributed by atoms with E-state index in [1.54, 1.807) is 41.9 Å². The average molecular weight is 395 g/mol. The van der Waals surface area contributed by atoms with E-state index in [4.69, 9.17) is 4.74 Å². The molecular formula is C22H22FN3O3. The summed E-state index contributed by atoms with van der Waals surface area (Å²) in [6, 6.07) is 16.0. The van der Waals surface area contributed by atoms with Crippen molar-refractivity contribution in [2.75, 3.05) is 10.7 Å². The zero-order valence-corrected chi connectivity index (χ0v) is 16.4. The monoisotopic (exact) mass is 395 g/mol. The average Bonchev–Trinajstić information content (AvgIpc) is 3.00. The highest BCUT2D eigenvalue weighted by molar-refractivity contribution is 6.00. The van der Waals surface area contributed by atoms with Gasteiger partial charge in [-0.1, -0.05) is 6.07 Å². The van der Waals surface area contributed by atoms with Gasteiger partial charge in [-0.15, -0.1) is 0 Å². The standard InChI is InChI=1S/C22H22FN3O3/c1-14-7-8-15(2)26(14)25-22(28)17-9-11-20(12-10-17)29-16(3)21(27)24-19-6-4-5-18(23)13-19/h4-13,16H,1-3H3,(H,24,27)(H,25,28). The first-order valence-electron chi connectivity index (χ1n) is 9.13.